The van der Waals surface area contributed by atoms with Crippen LogP contribution in [0.4, 0.5) is 0 Å². The summed E-state index contributed by atoms with van der Waals surface area (Å²) in [4.78, 5) is 19.4. The molecule has 3 aromatic heterocycles. The van der Waals surface area contributed by atoms with Gasteiger partial charge in [0.15, 0.2) is 5.82 Å². The molecule has 4 aromatic rings. The molecule has 1 amide bonds. The van der Waals surface area contributed by atoms with Gasteiger partial charge in [0, 0.05) is 24.5 Å². The molecule has 138 valence electrons. The third-order valence-corrected chi connectivity index (χ3v) is 5.58. The summed E-state index contributed by atoms with van der Waals surface area (Å²) >= 11 is 1.62. The Labute approximate surface area is 161 Å². The van der Waals surface area contributed by atoms with E-state index in [2.05, 4.69) is 10.1 Å². The average molecular weight is 380 g/mol. The monoisotopic (exact) mass is 380 g/mol. The second-order valence-electron chi connectivity index (χ2n) is 6.65. The standard InChI is InChI=1S/C20H20N4O2S/c1-12-9-15(14(3)24(12)18-10-13(2)26-22-18)20(25)23(4)11-19-21-16-7-5-6-8-17(16)27-19/h5-10H,11H2,1-4H3. The maximum Gasteiger partial charge on any atom is 0.255 e. The largest absolute Gasteiger partial charge is 0.360 e. The van der Waals surface area contributed by atoms with Crippen molar-refractivity contribution in [3.63, 3.8) is 0 Å². The number of aryl methyl sites for hydroxylation is 2. The lowest BCUT2D eigenvalue weighted by Gasteiger charge is -2.15. The Hall–Kier alpha value is -2.93. The van der Waals surface area contributed by atoms with Crippen LogP contribution in [0.5, 0.6) is 0 Å². The molecule has 0 bridgehead atoms. The Balaban J connectivity index is 1.60. The van der Waals surface area contributed by atoms with Crippen molar-refractivity contribution >= 4 is 27.5 Å². The first-order chi connectivity index (χ1) is 12.9. The highest BCUT2D eigenvalue weighted by Gasteiger charge is 2.21. The maximum absolute atomic E-state index is 13.0. The fourth-order valence-electron chi connectivity index (χ4n) is 3.26. The summed E-state index contributed by atoms with van der Waals surface area (Å²) in [6.45, 7) is 6.21. The van der Waals surface area contributed by atoms with Crippen LogP contribution < -0.4 is 0 Å². The van der Waals surface area contributed by atoms with Crippen LogP contribution in [0.15, 0.2) is 40.9 Å². The molecule has 7 heteroatoms. The van der Waals surface area contributed by atoms with Crippen LogP contribution in [-0.2, 0) is 6.54 Å². The van der Waals surface area contributed by atoms with E-state index in [4.69, 9.17) is 4.52 Å². The maximum atomic E-state index is 13.0. The van der Waals surface area contributed by atoms with Crippen LogP contribution in [0.2, 0.25) is 0 Å². The Morgan fingerprint density at radius 1 is 1.22 bits per heavy atom. The zero-order chi connectivity index (χ0) is 19.1. The summed E-state index contributed by atoms with van der Waals surface area (Å²) in [7, 11) is 1.81. The molecule has 1 aromatic carbocycles. The van der Waals surface area contributed by atoms with Crippen LogP contribution in [0.3, 0.4) is 0 Å². The van der Waals surface area contributed by atoms with Gasteiger partial charge in [-0.25, -0.2) is 4.98 Å². The van der Waals surface area contributed by atoms with E-state index >= 15 is 0 Å². The van der Waals surface area contributed by atoms with Crippen LogP contribution in [0.1, 0.15) is 32.5 Å². The summed E-state index contributed by atoms with van der Waals surface area (Å²) in [5, 5.41) is 5.00. The summed E-state index contributed by atoms with van der Waals surface area (Å²) in [5.41, 5.74) is 3.43. The first-order valence-corrected chi connectivity index (χ1v) is 9.48. The number of aromatic nitrogens is 3. The summed E-state index contributed by atoms with van der Waals surface area (Å²) in [6, 6.07) is 11.8. The van der Waals surface area contributed by atoms with E-state index < -0.39 is 0 Å². The van der Waals surface area contributed by atoms with Crippen molar-refractivity contribution in [2.75, 3.05) is 7.05 Å². The van der Waals surface area contributed by atoms with E-state index in [0.29, 0.717) is 17.9 Å². The van der Waals surface area contributed by atoms with E-state index in [0.717, 1.165) is 32.4 Å². The van der Waals surface area contributed by atoms with Gasteiger partial charge in [-0.05, 0) is 39.0 Å². The van der Waals surface area contributed by atoms with Crippen molar-refractivity contribution in [2.24, 2.45) is 0 Å². The molecule has 0 saturated carbocycles. The number of rotatable bonds is 4. The number of fused-ring (bicyclic) bond motifs is 1. The Morgan fingerprint density at radius 2 is 2.00 bits per heavy atom. The molecule has 0 unspecified atom stereocenters. The SMILES string of the molecule is Cc1cc(-n2c(C)cc(C(=O)N(C)Cc3nc4ccccc4s3)c2C)no1. The molecule has 0 radical (unpaired) electrons. The van der Waals surface area contributed by atoms with Crippen LogP contribution in [-0.4, -0.2) is 32.6 Å². The second-order valence-corrected chi connectivity index (χ2v) is 7.77. The van der Waals surface area contributed by atoms with Gasteiger partial charge in [-0.2, -0.15) is 0 Å². The predicted molar refractivity (Wildman–Crippen MR) is 105 cm³/mol. The summed E-state index contributed by atoms with van der Waals surface area (Å²) in [5.74, 6) is 1.39. The lowest BCUT2D eigenvalue weighted by molar-refractivity contribution is 0.0784. The van der Waals surface area contributed by atoms with Gasteiger partial charge in [-0.15, -0.1) is 11.3 Å². The average Bonchev–Trinajstić information content (AvgIpc) is 3.31. The summed E-state index contributed by atoms with van der Waals surface area (Å²) in [6.07, 6.45) is 0. The van der Waals surface area contributed by atoms with Crippen LogP contribution in [0, 0.1) is 20.8 Å². The molecule has 0 atom stereocenters. The van der Waals surface area contributed by atoms with Crippen LogP contribution in [0.25, 0.3) is 16.0 Å². The van der Waals surface area contributed by atoms with E-state index in [-0.39, 0.29) is 5.91 Å². The van der Waals surface area contributed by atoms with Gasteiger partial charge >= 0.3 is 0 Å². The van der Waals surface area contributed by atoms with E-state index in [9.17, 15) is 4.79 Å². The molecular formula is C20H20N4O2S. The normalized spacial score (nSPS) is 11.3. The number of para-hydroxylation sites is 1. The number of thiazole rings is 1. The molecule has 0 aliphatic heterocycles. The number of carbonyl (C=O) groups excluding carboxylic acids is 1. The van der Waals surface area contributed by atoms with E-state index in [1.807, 2.05) is 61.7 Å². The molecule has 0 aliphatic rings. The molecule has 0 aliphatic carbocycles. The van der Waals surface area contributed by atoms with Crippen molar-refractivity contribution in [2.45, 2.75) is 27.3 Å². The number of carbonyl (C=O) groups is 1. The Morgan fingerprint density at radius 3 is 2.70 bits per heavy atom. The van der Waals surface area contributed by atoms with Gasteiger partial charge in [0.2, 0.25) is 0 Å². The number of hydrogen-bond donors (Lipinski definition) is 0. The Kier molecular flexibility index (Phi) is 4.31. The fraction of sp³-hybridized carbons (Fsp3) is 0.250. The van der Waals surface area contributed by atoms with Crippen molar-refractivity contribution < 1.29 is 9.32 Å². The zero-order valence-corrected chi connectivity index (χ0v) is 16.5. The molecule has 3 heterocycles. The fourth-order valence-corrected chi connectivity index (χ4v) is 4.28. The predicted octanol–water partition coefficient (Wildman–Crippen LogP) is 4.27. The minimum Gasteiger partial charge on any atom is -0.360 e. The van der Waals surface area contributed by atoms with Gasteiger partial charge in [-0.1, -0.05) is 17.3 Å². The molecule has 0 spiro atoms. The number of benzene rings is 1. The number of amides is 1. The van der Waals surface area contributed by atoms with Gasteiger partial charge in [0.1, 0.15) is 10.8 Å². The lowest BCUT2D eigenvalue weighted by atomic mass is 10.2. The van der Waals surface area contributed by atoms with Crippen molar-refractivity contribution in [1.29, 1.82) is 0 Å². The van der Waals surface area contributed by atoms with Crippen molar-refractivity contribution in [3.05, 3.63) is 64.1 Å². The quantitative estimate of drug-likeness (QED) is 0.530. The second kappa shape index (κ2) is 6.66. The lowest BCUT2D eigenvalue weighted by Crippen LogP contribution is -2.26. The van der Waals surface area contributed by atoms with Crippen molar-refractivity contribution in [3.8, 4) is 5.82 Å². The highest BCUT2D eigenvalue weighted by Crippen LogP contribution is 2.25. The highest BCUT2D eigenvalue weighted by molar-refractivity contribution is 7.18. The zero-order valence-electron chi connectivity index (χ0n) is 15.7. The molecule has 0 saturated heterocycles. The summed E-state index contributed by atoms with van der Waals surface area (Å²) < 4.78 is 8.25. The van der Waals surface area contributed by atoms with Gasteiger partial charge in [0.25, 0.3) is 5.91 Å². The third kappa shape index (κ3) is 3.14. The molecule has 0 fully saturated rings. The first kappa shape index (κ1) is 17.5. The molecule has 4 rings (SSSR count). The highest BCUT2D eigenvalue weighted by atomic mass is 32.1. The topological polar surface area (TPSA) is 64.2 Å². The van der Waals surface area contributed by atoms with Gasteiger partial charge in [0.05, 0.1) is 22.3 Å². The minimum absolute atomic E-state index is 0.0335. The number of nitrogens with zero attached hydrogens (tertiary/aromatic N) is 4. The smallest absolute Gasteiger partial charge is 0.255 e. The van der Waals surface area contributed by atoms with E-state index in [1.165, 1.54) is 0 Å². The minimum atomic E-state index is -0.0335. The third-order valence-electron chi connectivity index (χ3n) is 4.56. The number of hydrogen-bond acceptors (Lipinski definition) is 5. The van der Waals surface area contributed by atoms with Crippen LogP contribution >= 0.6 is 11.3 Å². The van der Waals surface area contributed by atoms with Gasteiger partial charge in [-0.3, -0.25) is 9.36 Å². The molecule has 27 heavy (non-hydrogen) atoms. The van der Waals surface area contributed by atoms with E-state index in [1.54, 1.807) is 23.3 Å². The molecule has 0 N–H and O–H groups in total. The molecule has 6 nitrogen and oxygen atoms in total. The van der Waals surface area contributed by atoms with Gasteiger partial charge < -0.3 is 9.42 Å². The van der Waals surface area contributed by atoms with Crippen molar-refractivity contribution in [1.82, 2.24) is 19.6 Å². The first-order valence-electron chi connectivity index (χ1n) is 8.66. The Bertz CT molecular complexity index is 1110. The molecular weight excluding hydrogens is 360 g/mol.